The van der Waals surface area contributed by atoms with E-state index in [1.54, 1.807) is 11.8 Å². The average molecular weight is 489 g/mol. The van der Waals surface area contributed by atoms with Crippen LogP contribution in [0.4, 0.5) is 0 Å². The molecule has 1 N–H and O–H groups in total. The summed E-state index contributed by atoms with van der Waals surface area (Å²) in [6.07, 6.45) is 0. The van der Waals surface area contributed by atoms with Gasteiger partial charge < -0.3 is 10.1 Å². The van der Waals surface area contributed by atoms with E-state index in [0.29, 0.717) is 30.5 Å². The van der Waals surface area contributed by atoms with Gasteiger partial charge in [0.2, 0.25) is 10.0 Å². The molecule has 2 aromatic carbocycles. The maximum Gasteiger partial charge on any atom is 0.252 e. The second-order valence-electron chi connectivity index (χ2n) is 6.60. The topological polar surface area (TPSA) is 75.7 Å². The van der Waals surface area contributed by atoms with Crippen LogP contribution in [-0.4, -0.2) is 57.2 Å². The van der Waals surface area contributed by atoms with Gasteiger partial charge in [0.25, 0.3) is 5.91 Å². The third kappa shape index (κ3) is 6.12. The van der Waals surface area contributed by atoms with E-state index in [1.807, 2.05) is 24.3 Å². The molecule has 30 heavy (non-hydrogen) atoms. The number of nitrogens with one attached hydrogen (secondary N) is 1. The van der Waals surface area contributed by atoms with Crippen LogP contribution < -0.4 is 5.32 Å². The van der Waals surface area contributed by atoms with Crippen LogP contribution in [0, 0.1) is 0 Å². The summed E-state index contributed by atoms with van der Waals surface area (Å²) in [7, 11) is -3.70. The standard InChI is InChI=1S/C20H22Cl2N2O4S2/c21-16-3-1-2-15(12-16)14-29-11-6-23-20(25)18-13-17(4-5-19(18)22)30(26,27)24-7-9-28-10-8-24/h1-5,12-13H,6-11,14H2,(H,23,25). The highest BCUT2D eigenvalue weighted by atomic mass is 35.5. The molecule has 1 saturated heterocycles. The summed E-state index contributed by atoms with van der Waals surface area (Å²) in [4.78, 5) is 12.6. The Labute approximate surface area is 190 Å². The Bertz CT molecular complexity index is 996. The molecule has 2 aromatic rings. The fourth-order valence-corrected chi connectivity index (χ4v) is 5.58. The van der Waals surface area contributed by atoms with Crippen LogP contribution in [0.15, 0.2) is 47.4 Å². The number of hydrogen-bond donors (Lipinski definition) is 1. The van der Waals surface area contributed by atoms with Gasteiger partial charge in [-0.25, -0.2) is 8.42 Å². The van der Waals surface area contributed by atoms with Crippen molar-refractivity contribution in [1.29, 1.82) is 0 Å². The predicted molar refractivity (Wildman–Crippen MR) is 121 cm³/mol. The fraction of sp³-hybridized carbons (Fsp3) is 0.350. The molecule has 0 aromatic heterocycles. The van der Waals surface area contributed by atoms with Gasteiger partial charge in [0.15, 0.2) is 0 Å². The Morgan fingerprint density at radius 1 is 1.13 bits per heavy atom. The number of carbonyl (C=O) groups excluding carboxylic acids is 1. The van der Waals surface area contributed by atoms with Gasteiger partial charge in [-0.15, -0.1) is 0 Å². The third-order valence-electron chi connectivity index (χ3n) is 4.48. The molecule has 1 aliphatic heterocycles. The second kappa shape index (κ2) is 10.8. The van der Waals surface area contributed by atoms with Gasteiger partial charge in [-0.1, -0.05) is 35.3 Å². The van der Waals surface area contributed by atoms with Crippen molar-refractivity contribution in [2.24, 2.45) is 0 Å². The smallest absolute Gasteiger partial charge is 0.252 e. The SMILES string of the molecule is O=C(NCCSCc1cccc(Cl)c1)c1cc(S(=O)(=O)N2CCOCC2)ccc1Cl. The fourth-order valence-electron chi connectivity index (χ4n) is 2.92. The number of hydrogen-bond acceptors (Lipinski definition) is 5. The molecule has 0 saturated carbocycles. The first-order valence-corrected chi connectivity index (χ1v) is 12.7. The largest absolute Gasteiger partial charge is 0.379 e. The summed E-state index contributed by atoms with van der Waals surface area (Å²) in [5.41, 5.74) is 1.26. The Balaban J connectivity index is 1.57. The maximum absolute atomic E-state index is 12.8. The zero-order valence-electron chi connectivity index (χ0n) is 16.1. The molecule has 0 aliphatic carbocycles. The van der Waals surface area contributed by atoms with Crippen LogP contribution in [0.2, 0.25) is 10.0 Å². The van der Waals surface area contributed by atoms with Crippen LogP contribution >= 0.6 is 35.0 Å². The number of rotatable bonds is 8. The van der Waals surface area contributed by atoms with E-state index >= 15 is 0 Å². The molecule has 1 fully saturated rings. The van der Waals surface area contributed by atoms with E-state index in [4.69, 9.17) is 27.9 Å². The Hall–Kier alpha value is -1.29. The van der Waals surface area contributed by atoms with Crippen molar-refractivity contribution in [2.75, 3.05) is 38.6 Å². The number of morpholine rings is 1. The van der Waals surface area contributed by atoms with Crippen molar-refractivity contribution in [3.63, 3.8) is 0 Å². The molecule has 3 rings (SSSR count). The molecule has 0 bridgehead atoms. The van der Waals surface area contributed by atoms with Crippen LogP contribution in [0.3, 0.4) is 0 Å². The third-order valence-corrected chi connectivity index (χ3v) is 7.97. The molecule has 1 heterocycles. The number of nitrogens with zero attached hydrogens (tertiary/aromatic N) is 1. The molecule has 0 atom stereocenters. The monoisotopic (exact) mass is 488 g/mol. The van der Waals surface area contributed by atoms with E-state index in [2.05, 4.69) is 5.32 Å². The lowest BCUT2D eigenvalue weighted by Crippen LogP contribution is -2.40. The van der Waals surface area contributed by atoms with Crippen molar-refractivity contribution in [2.45, 2.75) is 10.6 Å². The van der Waals surface area contributed by atoms with E-state index in [9.17, 15) is 13.2 Å². The Morgan fingerprint density at radius 3 is 2.63 bits per heavy atom. The highest BCUT2D eigenvalue weighted by Gasteiger charge is 2.27. The van der Waals surface area contributed by atoms with Crippen LogP contribution in [0.5, 0.6) is 0 Å². The Kier molecular flexibility index (Phi) is 8.44. The minimum Gasteiger partial charge on any atom is -0.379 e. The van der Waals surface area contributed by atoms with Crippen molar-refractivity contribution < 1.29 is 17.9 Å². The summed E-state index contributed by atoms with van der Waals surface area (Å²) in [5.74, 6) is 1.08. The first kappa shape index (κ1) is 23.4. The molecule has 1 amide bonds. The van der Waals surface area contributed by atoms with E-state index < -0.39 is 15.9 Å². The second-order valence-corrected chi connectivity index (χ2v) is 10.5. The number of halogens is 2. The molecule has 162 valence electrons. The van der Waals surface area contributed by atoms with Crippen molar-refractivity contribution in [3.05, 3.63) is 63.6 Å². The number of sulfonamides is 1. The molecule has 0 spiro atoms. The summed E-state index contributed by atoms with van der Waals surface area (Å²) in [5, 5.41) is 3.70. The number of benzene rings is 2. The summed E-state index contributed by atoms with van der Waals surface area (Å²) >= 11 is 13.8. The predicted octanol–water partition coefficient (Wildman–Crippen LogP) is 3.68. The zero-order chi connectivity index (χ0) is 21.6. The zero-order valence-corrected chi connectivity index (χ0v) is 19.3. The van der Waals surface area contributed by atoms with Crippen molar-refractivity contribution >= 4 is 50.9 Å². The van der Waals surface area contributed by atoms with E-state index in [0.717, 1.165) is 11.3 Å². The molecular formula is C20H22Cl2N2O4S2. The minimum absolute atomic E-state index is 0.0503. The lowest BCUT2D eigenvalue weighted by Gasteiger charge is -2.26. The molecule has 0 radical (unpaired) electrons. The highest BCUT2D eigenvalue weighted by Crippen LogP contribution is 2.24. The van der Waals surface area contributed by atoms with Gasteiger partial charge in [0.05, 0.1) is 28.7 Å². The molecular weight excluding hydrogens is 467 g/mol. The van der Waals surface area contributed by atoms with E-state index in [-0.39, 0.29) is 28.6 Å². The van der Waals surface area contributed by atoms with Gasteiger partial charge in [0, 0.05) is 36.2 Å². The first-order valence-electron chi connectivity index (χ1n) is 9.36. The van der Waals surface area contributed by atoms with Crippen molar-refractivity contribution in [3.8, 4) is 0 Å². The van der Waals surface area contributed by atoms with Crippen LogP contribution in [0.1, 0.15) is 15.9 Å². The molecule has 6 nitrogen and oxygen atoms in total. The number of ether oxygens (including phenoxy) is 1. The summed E-state index contributed by atoms with van der Waals surface area (Å²) < 4.78 is 32.2. The molecule has 1 aliphatic rings. The number of amides is 1. The lowest BCUT2D eigenvalue weighted by molar-refractivity contribution is 0.0730. The van der Waals surface area contributed by atoms with Gasteiger partial charge in [-0.05, 0) is 35.9 Å². The summed E-state index contributed by atoms with van der Waals surface area (Å²) in [6, 6.07) is 11.8. The van der Waals surface area contributed by atoms with Crippen LogP contribution in [-0.2, 0) is 20.5 Å². The van der Waals surface area contributed by atoms with Crippen molar-refractivity contribution in [1.82, 2.24) is 9.62 Å². The quantitative estimate of drug-likeness (QED) is 0.573. The highest BCUT2D eigenvalue weighted by molar-refractivity contribution is 7.98. The maximum atomic E-state index is 12.8. The normalized spacial score (nSPS) is 15.1. The lowest BCUT2D eigenvalue weighted by atomic mass is 10.2. The number of thioether (sulfide) groups is 1. The molecule has 10 heteroatoms. The molecule has 0 unspecified atom stereocenters. The summed E-state index contributed by atoms with van der Waals surface area (Å²) in [6.45, 7) is 1.72. The minimum atomic E-state index is -3.70. The van der Waals surface area contributed by atoms with Gasteiger partial charge in [-0.2, -0.15) is 16.1 Å². The van der Waals surface area contributed by atoms with E-state index in [1.165, 1.54) is 22.5 Å². The van der Waals surface area contributed by atoms with Gasteiger partial charge >= 0.3 is 0 Å². The van der Waals surface area contributed by atoms with Gasteiger partial charge in [0.1, 0.15) is 0 Å². The average Bonchev–Trinajstić information content (AvgIpc) is 2.74. The Morgan fingerprint density at radius 2 is 1.90 bits per heavy atom. The van der Waals surface area contributed by atoms with Gasteiger partial charge in [-0.3, -0.25) is 4.79 Å². The number of carbonyl (C=O) groups is 1. The van der Waals surface area contributed by atoms with Crippen LogP contribution in [0.25, 0.3) is 0 Å². The first-order chi connectivity index (χ1) is 14.4.